The van der Waals surface area contributed by atoms with Gasteiger partial charge in [-0.15, -0.1) is 4.31 Å². The first-order chi connectivity index (χ1) is 23.3. The standard InChI is InChI=1S/C32H46N2O16S/c1-17(49-31(6,7)8)25(30(39)50-32(9,10)11)33(51(42,43)24-15-13-12-14-22(24)34(40)41)29-28(47-21(5)38)27(46-20(4)37)26(45-19(3)36)23(48-29)16-44-18(2)35/h12-15,17,23,25-29H,16H2,1-11H3/t17-,23-,25+,26-,27+,28-,29+/m1/s1. The van der Waals surface area contributed by atoms with E-state index in [0.29, 0.717) is 4.31 Å². The van der Waals surface area contributed by atoms with Gasteiger partial charge in [0.25, 0.3) is 15.7 Å². The van der Waals surface area contributed by atoms with Crippen molar-refractivity contribution in [3.63, 3.8) is 0 Å². The molecule has 7 atom stereocenters. The quantitative estimate of drug-likeness (QED) is 0.122. The van der Waals surface area contributed by atoms with Crippen LogP contribution in [0.2, 0.25) is 0 Å². The van der Waals surface area contributed by atoms with Crippen LogP contribution < -0.4 is 0 Å². The van der Waals surface area contributed by atoms with Gasteiger partial charge in [0.2, 0.25) is 0 Å². The van der Waals surface area contributed by atoms with Crippen molar-refractivity contribution >= 4 is 45.6 Å². The number of esters is 5. The van der Waals surface area contributed by atoms with Crippen LogP contribution in [0.15, 0.2) is 29.2 Å². The number of para-hydroxylation sites is 1. The summed E-state index contributed by atoms with van der Waals surface area (Å²) in [5.41, 5.74) is -3.16. The molecule has 2 rings (SSSR count). The van der Waals surface area contributed by atoms with Crippen molar-refractivity contribution in [3.05, 3.63) is 34.4 Å². The summed E-state index contributed by atoms with van der Waals surface area (Å²) in [5, 5.41) is 12.2. The van der Waals surface area contributed by atoms with Crippen LogP contribution in [0.4, 0.5) is 5.69 Å². The van der Waals surface area contributed by atoms with Crippen LogP contribution >= 0.6 is 0 Å². The van der Waals surface area contributed by atoms with Gasteiger partial charge >= 0.3 is 29.8 Å². The number of hydrogen-bond acceptors (Lipinski definition) is 16. The summed E-state index contributed by atoms with van der Waals surface area (Å²) in [6.07, 6.45) is -10.9. The van der Waals surface area contributed by atoms with Crippen molar-refractivity contribution in [1.82, 2.24) is 4.31 Å². The number of hydrogen-bond donors (Lipinski definition) is 0. The van der Waals surface area contributed by atoms with Crippen molar-refractivity contribution in [1.29, 1.82) is 0 Å². The van der Waals surface area contributed by atoms with Crippen LogP contribution in [-0.2, 0) is 67.2 Å². The Balaban J connectivity index is 3.18. The topological polar surface area (TPSA) is 230 Å². The molecule has 1 heterocycles. The third kappa shape index (κ3) is 11.9. The van der Waals surface area contributed by atoms with Gasteiger partial charge in [0.1, 0.15) is 18.3 Å². The van der Waals surface area contributed by atoms with Crippen molar-refractivity contribution in [2.45, 2.75) is 135 Å². The van der Waals surface area contributed by atoms with Crippen LogP contribution in [-0.4, -0.2) is 108 Å². The Bertz CT molecular complexity index is 1580. The van der Waals surface area contributed by atoms with Crippen LogP contribution in [0.1, 0.15) is 76.2 Å². The summed E-state index contributed by atoms with van der Waals surface area (Å²) in [4.78, 5) is 73.9. The maximum absolute atomic E-state index is 15.0. The molecule has 1 fully saturated rings. The second-order valence-corrected chi connectivity index (χ2v) is 15.4. The normalized spacial score (nSPS) is 22.2. The summed E-state index contributed by atoms with van der Waals surface area (Å²) in [6, 6.07) is 2.17. The van der Waals surface area contributed by atoms with Gasteiger partial charge in [-0.25, -0.2) is 8.42 Å². The third-order valence-electron chi connectivity index (χ3n) is 6.74. The fourth-order valence-electron chi connectivity index (χ4n) is 5.28. The molecule has 286 valence electrons. The zero-order chi connectivity index (χ0) is 39.2. The maximum atomic E-state index is 15.0. The van der Waals surface area contributed by atoms with E-state index in [1.54, 1.807) is 20.8 Å². The number of nitro benzene ring substituents is 1. The summed E-state index contributed by atoms with van der Waals surface area (Å²) in [6.45, 7) is 13.9. The molecule has 0 bridgehead atoms. The number of carbonyl (C=O) groups is 5. The Morgan fingerprint density at radius 2 is 1.35 bits per heavy atom. The van der Waals surface area contributed by atoms with E-state index in [1.807, 2.05) is 0 Å². The minimum atomic E-state index is -5.35. The van der Waals surface area contributed by atoms with E-state index in [4.69, 9.17) is 33.2 Å². The highest BCUT2D eigenvalue weighted by Gasteiger charge is 2.59. The molecule has 0 radical (unpaired) electrons. The van der Waals surface area contributed by atoms with Gasteiger partial charge in [0.05, 0.1) is 16.6 Å². The van der Waals surface area contributed by atoms with E-state index in [0.717, 1.165) is 39.8 Å². The smallest absolute Gasteiger partial charge is 0.327 e. The molecule has 18 nitrogen and oxygen atoms in total. The second kappa shape index (κ2) is 16.9. The summed E-state index contributed by atoms with van der Waals surface area (Å²) < 4.78 is 69.8. The molecule has 1 aliphatic heterocycles. The fraction of sp³-hybridized carbons (Fsp3) is 0.656. The molecule has 1 saturated heterocycles. The van der Waals surface area contributed by atoms with Gasteiger partial charge in [0, 0.05) is 33.8 Å². The van der Waals surface area contributed by atoms with E-state index >= 15 is 0 Å². The Hall–Kier alpha value is -4.20. The third-order valence-corrected chi connectivity index (χ3v) is 8.63. The van der Waals surface area contributed by atoms with Crippen molar-refractivity contribution < 1.29 is 70.5 Å². The minimum absolute atomic E-state index is 0.384. The SMILES string of the molecule is CC(=O)OC[C@H]1O[C@H](N([C@H](C(=O)OC(C)(C)C)[C@@H](C)OC(C)(C)C)S(=O)(=O)c2ccccc2[N+](=O)[O-])[C@H](OC(C)=O)[C@@H](OC(C)=O)[C@@H]1OC(C)=O. The average molecular weight is 747 g/mol. The van der Waals surface area contributed by atoms with E-state index in [9.17, 15) is 42.5 Å². The minimum Gasteiger partial charge on any atom is -0.463 e. The van der Waals surface area contributed by atoms with Gasteiger partial charge in [-0.2, -0.15) is 0 Å². The lowest BCUT2D eigenvalue weighted by atomic mass is 9.96. The molecular weight excluding hydrogens is 700 g/mol. The predicted octanol–water partition coefficient (Wildman–Crippen LogP) is 2.58. The van der Waals surface area contributed by atoms with Crippen LogP contribution in [0.25, 0.3) is 0 Å². The molecule has 0 N–H and O–H groups in total. The zero-order valence-electron chi connectivity index (χ0n) is 30.4. The van der Waals surface area contributed by atoms with E-state index < -0.39 is 116 Å². The highest BCUT2D eigenvalue weighted by atomic mass is 32.2. The second-order valence-electron chi connectivity index (χ2n) is 13.6. The van der Waals surface area contributed by atoms with Crippen LogP contribution in [0, 0.1) is 10.1 Å². The lowest BCUT2D eigenvalue weighted by Gasteiger charge is -2.49. The van der Waals surface area contributed by atoms with Crippen molar-refractivity contribution in [2.75, 3.05) is 6.61 Å². The summed E-state index contributed by atoms with van der Waals surface area (Å²) >= 11 is 0. The van der Waals surface area contributed by atoms with Gasteiger partial charge in [-0.05, 0) is 54.5 Å². The summed E-state index contributed by atoms with van der Waals surface area (Å²) in [7, 11) is -5.35. The number of rotatable bonds is 13. The first kappa shape index (κ1) is 43.0. The number of carbonyl (C=O) groups excluding carboxylic acids is 5. The van der Waals surface area contributed by atoms with Crippen molar-refractivity contribution in [3.8, 4) is 0 Å². The molecule has 0 saturated carbocycles. The Kier molecular flexibility index (Phi) is 14.2. The van der Waals surface area contributed by atoms with Gasteiger partial charge in [-0.1, -0.05) is 12.1 Å². The number of nitrogens with zero attached hydrogens (tertiary/aromatic N) is 2. The van der Waals surface area contributed by atoms with E-state index in [2.05, 4.69) is 0 Å². The molecule has 0 unspecified atom stereocenters. The molecular formula is C32H46N2O16S. The molecule has 0 aromatic heterocycles. The first-order valence-corrected chi connectivity index (χ1v) is 17.2. The number of ether oxygens (including phenoxy) is 7. The predicted molar refractivity (Wildman–Crippen MR) is 174 cm³/mol. The monoisotopic (exact) mass is 746 g/mol. The molecule has 19 heteroatoms. The largest absolute Gasteiger partial charge is 0.463 e. The Morgan fingerprint density at radius 3 is 1.82 bits per heavy atom. The Morgan fingerprint density at radius 1 is 0.843 bits per heavy atom. The molecule has 1 aliphatic rings. The molecule has 0 aliphatic carbocycles. The van der Waals surface area contributed by atoms with Crippen LogP contribution in [0.3, 0.4) is 0 Å². The number of benzene rings is 1. The van der Waals surface area contributed by atoms with Crippen LogP contribution in [0.5, 0.6) is 0 Å². The van der Waals surface area contributed by atoms with E-state index in [1.165, 1.54) is 39.8 Å². The number of sulfonamides is 1. The van der Waals surface area contributed by atoms with Crippen molar-refractivity contribution in [2.24, 2.45) is 0 Å². The van der Waals surface area contributed by atoms with Gasteiger partial charge in [0.15, 0.2) is 35.5 Å². The maximum Gasteiger partial charge on any atom is 0.327 e. The lowest BCUT2D eigenvalue weighted by molar-refractivity contribution is -0.387. The lowest BCUT2D eigenvalue weighted by Crippen LogP contribution is -2.70. The highest BCUT2D eigenvalue weighted by Crippen LogP contribution is 2.38. The molecule has 0 amide bonds. The molecule has 1 aromatic carbocycles. The number of nitro groups is 1. The zero-order valence-corrected chi connectivity index (χ0v) is 31.2. The van der Waals surface area contributed by atoms with Gasteiger partial charge in [-0.3, -0.25) is 34.1 Å². The van der Waals surface area contributed by atoms with E-state index in [-0.39, 0.29) is 0 Å². The first-order valence-electron chi connectivity index (χ1n) is 15.7. The fourth-order valence-corrected chi connectivity index (χ4v) is 7.17. The Labute approximate surface area is 296 Å². The molecule has 1 aromatic rings. The molecule has 51 heavy (non-hydrogen) atoms. The summed E-state index contributed by atoms with van der Waals surface area (Å²) in [5.74, 6) is -5.08. The molecule has 0 spiro atoms. The average Bonchev–Trinajstić information content (AvgIpc) is 2.94. The highest BCUT2D eigenvalue weighted by molar-refractivity contribution is 7.89. The van der Waals surface area contributed by atoms with Gasteiger partial charge < -0.3 is 33.2 Å².